The number of rotatable bonds is 0. The third-order valence-corrected chi connectivity index (χ3v) is 3.65. The monoisotopic (exact) mass is 219 g/mol. The summed E-state index contributed by atoms with van der Waals surface area (Å²) < 4.78 is 0. The van der Waals surface area contributed by atoms with Crippen LogP contribution in [0.1, 0.15) is 27.7 Å². The summed E-state index contributed by atoms with van der Waals surface area (Å²) in [7, 11) is 0. The fourth-order valence-corrected chi connectivity index (χ4v) is 3.10. The van der Waals surface area contributed by atoms with E-state index in [1.165, 1.54) is 15.6 Å². The van der Waals surface area contributed by atoms with Crippen molar-refractivity contribution in [3.8, 4) is 0 Å². The molecular formula is C13H17NS. The van der Waals surface area contributed by atoms with E-state index in [0.29, 0.717) is 0 Å². The normalized spacial score (nSPS) is 18.4. The Morgan fingerprint density at radius 2 is 1.87 bits per heavy atom. The number of para-hydroxylation sites is 1. The zero-order valence-electron chi connectivity index (χ0n) is 9.74. The minimum absolute atomic E-state index is 0.140. The molecule has 1 nitrogen and oxygen atoms in total. The zero-order valence-corrected chi connectivity index (χ0v) is 10.6. The van der Waals surface area contributed by atoms with E-state index in [2.05, 4.69) is 62.9 Å². The van der Waals surface area contributed by atoms with E-state index in [4.69, 9.17) is 0 Å². The molecule has 0 amide bonds. The van der Waals surface area contributed by atoms with E-state index in [1.54, 1.807) is 0 Å². The van der Waals surface area contributed by atoms with Crippen LogP contribution < -0.4 is 4.90 Å². The predicted molar refractivity (Wildman–Crippen MR) is 68.3 cm³/mol. The maximum atomic E-state index is 2.41. The second-order valence-corrected chi connectivity index (χ2v) is 5.77. The van der Waals surface area contributed by atoms with Crippen LogP contribution in [-0.2, 0) is 0 Å². The van der Waals surface area contributed by atoms with Crippen molar-refractivity contribution in [2.45, 2.75) is 38.1 Å². The molecule has 2 heteroatoms. The molecule has 0 aromatic heterocycles. The molecule has 0 fully saturated rings. The van der Waals surface area contributed by atoms with Crippen LogP contribution in [0.2, 0.25) is 0 Å². The van der Waals surface area contributed by atoms with Crippen LogP contribution in [0.4, 0.5) is 5.69 Å². The van der Waals surface area contributed by atoms with Gasteiger partial charge in [0, 0.05) is 10.4 Å². The fraction of sp³-hybridized carbons (Fsp3) is 0.385. The summed E-state index contributed by atoms with van der Waals surface area (Å²) in [5.74, 6) is 0. The molecule has 0 aliphatic carbocycles. The largest absolute Gasteiger partial charge is 0.330 e. The molecule has 0 bridgehead atoms. The number of allylic oxidation sites excluding steroid dienone is 1. The smallest absolute Gasteiger partial charge is 0.0763 e. The van der Waals surface area contributed by atoms with Crippen LogP contribution in [0.15, 0.2) is 40.3 Å². The first-order chi connectivity index (χ1) is 7.04. The minimum atomic E-state index is 0.140. The summed E-state index contributed by atoms with van der Waals surface area (Å²) in [5.41, 5.74) is 1.48. The molecule has 0 saturated heterocycles. The van der Waals surface area contributed by atoms with Crippen molar-refractivity contribution < 1.29 is 0 Å². The van der Waals surface area contributed by atoms with E-state index in [9.17, 15) is 0 Å². The van der Waals surface area contributed by atoms with Gasteiger partial charge >= 0.3 is 0 Å². The van der Waals surface area contributed by atoms with Gasteiger partial charge in [0.1, 0.15) is 0 Å². The van der Waals surface area contributed by atoms with E-state index < -0.39 is 0 Å². The third kappa shape index (κ3) is 1.78. The number of benzene rings is 1. The molecule has 80 valence electrons. The lowest BCUT2D eigenvalue weighted by molar-refractivity contribution is 0.552. The summed E-state index contributed by atoms with van der Waals surface area (Å²) in [5, 5.41) is 1.34. The second kappa shape index (κ2) is 3.60. The average Bonchev–Trinajstić information content (AvgIpc) is 2.54. The molecule has 0 atom stereocenters. The highest BCUT2D eigenvalue weighted by Gasteiger charge is 2.32. The maximum Gasteiger partial charge on any atom is 0.0763 e. The second-order valence-electron chi connectivity index (χ2n) is 4.70. The molecule has 15 heavy (non-hydrogen) atoms. The Hall–Kier alpha value is -0.890. The summed E-state index contributed by atoms with van der Waals surface area (Å²) in [6.07, 6.45) is 2.19. The Morgan fingerprint density at radius 1 is 1.20 bits per heavy atom. The molecule has 1 aliphatic rings. The molecule has 0 radical (unpaired) electrons. The molecule has 1 aromatic carbocycles. The van der Waals surface area contributed by atoms with Gasteiger partial charge in [0.2, 0.25) is 0 Å². The number of hydrogen-bond donors (Lipinski definition) is 0. The summed E-state index contributed by atoms with van der Waals surface area (Å²) in [6, 6.07) is 8.60. The van der Waals surface area contributed by atoms with Crippen LogP contribution in [0.5, 0.6) is 0 Å². The van der Waals surface area contributed by atoms with Gasteiger partial charge in [-0.25, -0.2) is 0 Å². The number of nitrogens with zero attached hydrogens (tertiary/aromatic N) is 1. The van der Waals surface area contributed by atoms with Gasteiger partial charge in [0.15, 0.2) is 0 Å². The lowest BCUT2D eigenvalue weighted by atomic mass is 10.1. The fourth-order valence-electron chi connectivity index (χ4n) is 1.89. The van der Waals surface area contributed by atoms with E-state index in [-0.39, 0.29) is 5.54 Å². The van der Waals surface area contributed by atoms with Gasteiger partial charge in [0.25, 0.3) is 0 Å². The Bertz CT molecular complexity index is 401. The van der Waals surface area contributed by atoms with Crippen molar-refractivity contribution in [2.75, 3.05) is 4.90 Å². The van der Waals surface area contributed by atoms with Crippen LogP contribution in [-0.4, -0.2) is 5.54 Å². The van der Waals surface area contributed by atoms with Crippen LogP contribution >= 0.6 is 11.8 Å². The first-order valence-corrected chi connectivity index (χ1v) is 6.09. The highest BCUT2D eigenvalue weighted by molar-refractivity contribution is 8.03. The SMILES string of the molecule is CC=C1Sc2ccccc2N1C(C)(C)C. The molecule has 1 aliphatic heterocycles. The first kappa shape index (κ1) is 10.6. The predicted octanol–water partition coefficient (Wildman–Crippen LogP) is 4.26. The van der Waals surface area contributed by atoms with E-state index >= 15 is 0 Å². The lowest BCUT2D eigenvalue weighted by Crippen LogP contribution is -2.38. The van der Waals surface area contributed by atoms with E-state index in [1.807, 2.05) is 11.8 Å². The molecule has 0 saturated carbocycles. The van der Waals surface area contributed by atoms with Crippen molar-refractivity contribution in [1.82, 2.24) is 0 Å². The van der Waals surface area contributed by atoms with Crippen molar-refractivity contribution >= 4 is 17.4 Å². The lowest BCUT2D eigenvalue weighted by Gasteiger charge is -2.34. The average molecular weight is 219 g/mol. The highest BCUT2D eigenvalue weighted by atomic mass is 32.2. The molecule has 0 spiro atoms. The third-order valence-electron chi connectivity index (χ3n) is 2.46. The number of fused-ring (bicyclic) bond motifs is 1. The minimum Gasteiger partial charge on any atom is -0.330 e. The Kier molecular flexibility index (Phi) is 2.55. The van der Waals surface area contributed by atoms with Crippen molar-refractivity contribution in [2.24, 2.45) is 0 Å². The first-order valence-electron chi connectivity index (χ1n) is 5.27. The van der Waals surface area contributed by atoms with Gasteiger partial charge in [-0.3, -0.25) is 0 Å². The maximum absolute atomic E-state index is 2.41. The van der Waals surface area contributed by atoms with Crippen LogP contribution in [0.3, 0.4) is 0 Å². The Morgan fingerprint density at radius 3 is 2.47 bits per heavy atom. The van der Waals surface area contributed by atoms with Crippen molar-refractivity contribution in [3.63, 3.8) is 0 Å². The highest BCUT2D eigenvalue weighted by Crippen LogP contribution is 2.48. The van der Waals surface area contributed by atoms with Crippen LogP contribution in [0, 0.1) is 0 Å². The van der Waals surface area contributed by atoms with Gasteiger partial charge in [-0.15, -0.1) is 0 Å². The topological polar surface area (TPSA) is 3.24 Å². The van der Waals surface area contributed by atoms with Gasteiger partial charge in [-0.05, 0) is 39.8 Å². The van der Waals surface area contributed by atoms with Crippen molar-refractivity contribution in [3.05, 3.63) is 35.4 Å². The standard InChI is InChI=1S/C13H17NS/c1-5-12-14(13(2,3)4)10-8-6-7-9-11(10)15-12/h5-9H,1-4H3. The van der Waals surface area contributed by atoms with Gasteiger partial charge in [-0.1, -0.05) is 30.0 Å². The quantitative estimate of drug-likeness (QED) is 0.641. The molecule has 0 unspecified atom stereocenters. The van der Waals surface area contributed by atoms with Crippen LogP contribution in [0.25, 0.3) is 0 Å². The molecule has 0 N–H and O–H groups in total. The van der Waals surface area contributed by atoms with Gasteiger partial charge in [-0.2, -0.15) is 0 Å². The van der Waals surface area contributed by atoms with Gasteiger partial charge < -0.3 is 4.90 Å². The number of anilines is 1. The van der Waals surface area contributed by atoms with E-state index in [0.717, 1.165) is 0 Å². The number of thioether (sulfide) groups is 1. The Labute approximate surface area is 96.2 Å². The zero-order chi connectivity index (χ0) is 11.1. The molecular weight excluding hydrogens is 202 g/mol. The van der Waals surface area contributed by atoms with Gasteiger partial charge in [0.05, 0.1) is 10.7 Å². The number of hydrogen-bond acceptors (Lipinski definition) is 2. The summed E-state index contributed by atoms with van der Waals surface area (Å²) >= 11 is 1.86. The van der Waals surface area contributed by atoms with Crippen molar-refractivity contribution in [1.29, 1.82) is 0 Å². The summed E-state index contributed by atoms with van der Waals surface area (Å²) in [6.45, 7) is 8.85. The Balaban J connectivity index is 2.53. The molecule has 1 heterocycles. The summed E-state index contributed by atoms with van der Waals surface area (Å²) in [4.78, 5) is 3.77. The molecule has 1 aromatic rings. The molecule has 2 rings (SSSR count).